The van der Waals surface area contributed by atoms with Gasteiger partial charge in [0, 0.05) is 0 Å². The van der Waals surface area contributed by atoms with Crippen molar-refractivity contribution < 1.29 is 24.2 Å². The molecule has 0 spiro atoms. The van der Waals surface area contributed by atoms with Gasteiger partial charge < -0.3 is 14.6 Å². The molecule has 0 bridgehead atoms. The molecule has 5 heteroatoms. The standard InChI is InChI=1S/C17H12O5/c1-21-12-4-2-3-10(7-12)8-15-16(18)13-9-11(17(19)20)5-6-14(13)22-15/h2-9H,1H3,(H,19,20)/b15-8-. The normalized spacial score (nSPS) is 14.6. The number of aromatic carboxylic acids is 1. The van der Waals surface area contributed by atoms with Crippen LogP contribution in [0, 0.1) is 0 Å². The van der Waals surface area contributed by atoms with E-state index in [-0.39, 0.29) is 22.7 Å². The molecule has 0 unspecified atom stereocenters. The van der Waals surface area contributed by atoms with Gasteiger partial charge >= 0.3 is 5.97 Å². The number of hydrogen-bond acceptors (Lipinski definition) is 4. The first-order chi connectivity index (χ1) is 10.6. The number of allylic oxidation sites excluding steroid dienone is 1. The van der Waals surface area contributed by atoms with E-state index in [2.05, 4.69) is 0 Å². The van der Waals surface area contributed by atoms with Crippen molar-refractivity contribution in [3.05, 3.63) is 64.9 Å². The van der Waals surface area contributed by atoms with Gasteiger partial charge in [0.1, 0.15) is 11.5 Å². The summed E-state index contributed by atoms with van der Waals surface area (Å²) < 4.78 is 10.6. The number of carbonyl (C=O) groups excluding carboxylic acids is 1. The summed E-state index contributed by atoms with van der Waals surface area (Å²) in [6, 6.07) is 11.4. The maximum atomic E-state index is 12.3. The molecule has 0 amide bonds. The number of benzene rings is 2. The highest BCUT2D eigenvalue weighted by Gasteiger charge is 2.28. The van der Waals surface area contributed by atoms with Crippen LogP contribution in [0.2, 0.25) is 0 Å². The minimum absolute atomic E-state index is 0.0540. The molecule has 5 nitrogen and oxygen atoms in total. The molecular formula is C17H12O5. The monoisotopic (exact) mass is 296 g/mol. The van der Waals surface area contributed by atoms with Gasteiger partial charge in [0.05, 0.1) is 18.2 Å². The molecule has 1 aliphatic heterocycles. The number of carbonyl (C=O) groups is 2. The smallest absolute Gasteiger partial charge is 0.335 e. The fourth-order valence-corrected chi connectivity index (χ4v) is 2.20. The van der Waals surface area contributed by atoms with Crippen molar-refractivity contribution in [2.24, 2.45) is 0 Å². The lowest BCUT2D eigenvalue weighted by atomic mass is 10.1. The number of ether oxygens (including phenoxy) is 2. The van der Waals surface area contributed by atoms with E-state index in [9.17, 15) is 9.59 Å². The van der Waals surface area contributed by atoms with Crippen molar-refractivity contribution in [1.29, 1.82) is 0 Å². The summed E-state index contributed by atoms with van der Waals surface area (Å²) in [4.78, 5) is 23.3. The summed E-state index contributed by atoms with van der Waals surface area (Å²) >= 11 is 0. The van der Waals surface area contributed by atoms with Gasteiger partial charge in [0.2, 0.25) is 5.78 Å². The Balaban J connectivity index is 1.96. The topological polar surface area (TPSA) is 72.8 Å². The molecule has 3 rings (SSSR count). The molecule has 1 N–H and O–H groups in total. The molecule has 0 fully saturated rings. The molecule has 0 saturated heterocycles. The summed E-state index contributed by atoms with van der Waals surface area (Å²) in [5, 5.41) is 8.98. The van der Waals surface area contributed by atoms with Crippen LogP contribution >= 0.6 is 0 Å². The Morgan fingerprint density at radius 1 is 1.23 bits per heavy atom. The van der Waals surface area contributed by atoms with Crippen LogP contribution in [-0.4, -0.2) is 24.0 Å². The number of methoxy groups -OCH3 is 1. The number of hydrogen-bond donors (Lipinski definition) is 1. The third-order valence-corrected chi connectivity index (χ3v) is 3.31. The molecule has 2 aromatic rings. The Morgan fingerprint density at radius 2 is 2.05 bits per heavy atom. The Bertz CT molecular complexity index is 804. The van der Waals surface area contributed by atoms with Crippen molar-refractivity contribution in [2.45, 2.75) is 0 Å². The molecule has 1 heterocycles. The largest absolute Gasteiger partial charge is 0.497 e. The predicted octanol–water partition coefficient (Wildman–Crippen LogP) is 3.01. The first kappa shape index (κ1) is 13.9. The second kappa shape index (κ2) is 5.37. The van der Waals surface area contributed by atoms with E-state index >= 15 is 0 Å². The molecule has 2 aromatic carbocycles. The number of rotatable bonds is 3. The van der Waals surface area contributed by atoms with Gasteiger partial charge in [-0.25, -0.2) is 4.79 Å². The Kier molecular flexibility index (Phi) is 3.39. The zero-order chi connectivity index (χ0) is 15.7. The van der Waals surface area contributed by atoms with Crippen LogP contribution in [0.4, 0.5) is 0 Å². The van der Waals surface area contributed by atoms with E-state index in [0.29, 0.717) is 11.5 Å². The SMILES string of the molecule is COc1cccc(/C=C2\Oc3ccc(C(=O)O)cc3C2=O)c1. The highest BCUT2D eigenvalue weighted by Crippen LogP contribution is 2.32. The van der Waals surface area contributed by atoms with Crippen molar-refractivity contribution in [3.8, 4) is 11.5 Å². The lowest BCUT2D eigenvalue weighted by Crippen LogP contribution is -2.00. The van der Waals surface area contributed by atoms with Crippen molar-refractivity contribution >= 4 is 17.8 Å². The molecular weight excluding hydrogens is 284 g/mol. The summed E-state index contributed by atoms with van der Waals surface area (Å²) in [6.07, 6.45) is 1.60. The van der Waals surface area contributed by atoms with E-state index in [1.165, 1.54) is 18.2 Å². The summed E-state index contributed by atoms with van der Waals surface area (Å²) in [5.74, 6) is -0.220. The van der Waals surface area contributed by atoms with Crippen molar-refractivity contribution in [1.82, 2.24) is 0 Å². The Hall–Kier alpha value is -3.08. The molecule has 0 aromatic heterocycles. The number of carboxylic acids is 1. The highest BCUT2D eigenvalue weighted by molar-refractivity contribution is 6.15. The number of ketones is 1. The summed E-state index contributed by atoms with van der Waals surface area (Å²) in [5.41, 5.74) is 1.07. The van der Waals surface area contributed by atoms with Gasteiger partial charge in [-0.2, -0.15) is 0 Å². The van der Waals surface area contributed by atoms with Crippen molar-refractivity contribution in [3.63, 3.8) is 0 Å². The van der Waals surface area contributed by atoms with Gasteiger partial charge in [-0.15, -0.1) is 0 Å². The maximum absolute atomic E-state index is 12.3. The maximum Gasteiger partial charge on any atom is 0.335 e. The van der Waals surface area contributed by atoms with Gasteiger partial charge in [0.25, 0.3) is 0 Å². The highest BCUT2D eigenvalue weighted by atomic mass is 16.5. The van der Waals surface area contributed by atoms with Crippen LogP contribution in [0.25, 0.3) is 6.08 Å². The minimum Gasteiger partial charge on any atom is -0.497 e. The van der Waals surface area contributed by atoms with E-state index in [0.717, 1.165) is 5.56 Å². The van der Waals surface area contributed by atoms with Crippen LogP contribution in [0.5, 0.6) is 11.5 Å². The average molecular weight is 296 g/mol. The van der Waals surface area contributed by atoms with Crippen LogP contribution < -0.4 is 9.47 Å². The quantitative estimate of drug-likeness (QED) is 0.881. The average Bonchev–Trinajstić information content (AvgIpc) is 2.83. The fraction of sp³-hybridized carbons (Fsp3) is 0.0588. The second-order valence-electron chi connectivity index (χ2n) is 4.73. The summed E-state index contributed by atoms with van der Waals surface area (Å²) in [7, 11) is 1.56. The zero-order valence-electron chi connectivity index (χ0n) is 11.7. The molecule has 110 valence electrons. The third-order valence-electron chi connectivity index (χ3n) is 3.31. The van der Waals surface area contributed by atoms with Gasteiger partial charge in [-0.3, -0.25) is 4.79 Å². The van der Waals surface area contributed by atoms with Crippen molar-refractivity contribution in [2.75, 3.05) is 7.11 Å². The van der Waals surface area contributed by atoms with Gasteiger partial charge in [-0.1, -0.05) is 12.1 Å². The zero-order valence-corrected chi connectivity index (χ0v) is 11.7. The Labute approximate surface area is 126 Å². The summed E-state index contributed by atoms with van der Waals surface area (Å²) in [6.45, 7) is 0. The first-order valence-corrected chi connectivity index (χ1v) is 6.54. The van der Waals surface area contributed by atoms with Crippen LogP contribution in [-0.2, 0) is 0 Å². The molecule has 1 aliphatic rings. The van der Waals surface area contributed by atoms with E-state index < -0.39 is 5.97 Å². The lowest BCUT2D eigenvalue weighted by molar-refractivity contribution is 0.0697. The van der Waals surface area contributed by atoms with E-state index in [1.807, 2.05) is 6.07 Å². The van der Waals surface area contributed by atoms with Gasteiger partial charge in [-0.05, 0) is 42.0 Å². The molecule has 0 atom stereocenters. The molecule has 0 aliphatic carbocycles. The molecule has 0 saturated carbocycles. The number of Topliss-reactive ketones (excluding diaryl/α,β-unsaturated/α-hetero) is 1. The van der Waals surface area contributed by atoms with Crippen LogP contribution in [0.1, 0.15) is 26.3 Å². The van der Waals surface area contributed by atoms with E-state index in [4.69, 9.17) is 14.6 Å². The predicted molar refractivity (Wildman–Crippen MR) is 79.3 cm³/mol. The fourth-order valence-electron chi connectivity index (χ4n) is 2.20. The van der Waals surface area contributed by atoms with Crippen LogP contribution in [0.15, 0.2) is 48.2 Å². The molecule has 0 radical (unpaired) electrons. The number of fused-ring (bicyclic) bond motifs is 1. The Morgan fingerprint density at radius 3 is 2.77 bits per heavy atom. The van der Waals surface area contributed by atoms with Gasteiger partial charge in [0.15, 0.2) is 5.76 Å². The second-order valence-corrected chi connectivity index (χ2v) is 4.73. The van der Waals surface area contributed by atoms with E-state index in [1.54, 1.807) is 31.4 Å². The number of carboxylic acid groups (broad SMARTS) is 1. The molecule has 22 heavy (non-hydrogen) atoms. The first-order valence-electron chi connectivity index (χ1n) is 6.54. The third kappa shape index (κ3) is 2.44. The van der Waals surface area contributed by atoms with Crippen LogP contribution in [0.3, 0.4) is 0 Å². The minimum atomic E-state index is -1.08. The lowest BCUT2D eigenvalue weighted by Gasteiger charge is -2.01.